The Balaban J connectivity index is 2.00. The zero-order valence-corrected chi connectivity index (χ0v) is 16.2. The molecule has 3 aromatic rings. The van der Waals surface area contributed by atoms with Gasteiger partial charge in [-0.25, -0.2) is 0 Å². The van der Waals surface area contributed by atoms with Crippen molar-refractivity contribution >= 4 is 45.7 Å². The molecule has 1 amide bonds. The van der Waals surface area contributed by atoms with E-state index in [1.54, 1.807) is 24.3 Å². The quantitative estimate of drug-likeness (QED) is 0.695. The fraction of sp³-hybridized carbons (Fsp3) is 0.200. The number of rotatable bonds is 3. The van der Waals surface area contributed by atoms with Gasteiger partial charge in [-0.05, 0) is 56.2 Å². The van der Waals surface area contributed by atoms with Gasteiger partial charge in [-0.3, -0.25) is 14.2 Å². The number of nitrogens with zero attached hydrogens (tertiary/aromatic N) is 1. The van der Waals surface area contributed by atoms with Crippen LogP contribution in [0.2, 0.25) is 10.0 Å². The Hall–Kier alpha value is -2.30. The molecule has 0 spiro atoms. The Labute approximate surface area is 161 Å². The van der Waals surface area contributed by atoms with E-state index in [1.165, 1.54) is 4.57 Å². The van der Waals surface area contributed by atoms with Gasteiger partial charge >= 0.3 is 0 Å². The number of pyridine rings is 1. The number of hydrogen-bond acceptors (Lipinski definition) is 2. The number of amides is 1. The maximum atomic E-state index is 12.5. The number of benzene rings is 2. The highest BCUT2D eigenvalue weighted by Gasteiger charge is 2.14. The Bertz CT molecular complexity index is 1090. The van der Waals surface area contributed by atoms with Gasteiger partial charge in [0.2, 0.25) is 5.91 Å². The number of fused-ring (bicyclic) bond motifs is 1. The van der Waals surface area contributed by atoms with Gasteiger partial charge in [0, 0.05) is 16.5 Å². The van der Waals surface area contributed by atoms with Crippen molar-refractivity contribution in [3.05, 3.63) is 73.5 Å². The summed E-state index contributed by atoms with van der Waals surface area (Å²) in [7, 11) is 0. The minimum absolute atomic E-state index is 0.0987. The number of hydrogen-bond donors (Lipinski definition) is 1. The zero-order chi connectivity index (χ0) is 19.0. The van der Waals surface area contributed by atoms with Crippen molar-refractivity contribution < 1.29 is 4.79 Å². The van der Waals surface area contributed by atoms with Crippen molar-refractivity contribution in [3.8, 4) is 0 Å². The van der Waals surface area contributed by atoms with Crippen LogP contribution >= 0.6 is 23.2 Å². The van der Waals surface area contributed by atoms with Crippen LogP contribution in [-0.4, -0.2) is 10.5 Å². The highest BCUT2D eigenvalue weighted by Crippen LogP contribution is 2.26. The fourth-order valence-corrected chi connectivity index (χ4v) is 3.61. The van der Waals surface area contributed by atoms with E-state index >= 15 is 0 Å². The lowest BCUT2D eigenvalue weighted by atomic mass is 10.0. The molecule has 6 heteroatoms. The van der Waals surface area contributed by atoms with E-state index in [0.717, 1.165) is 27.6 Å². The predicted octanol–water partition coefficient (Wildman–Crippen LogP) is 4.87. The average Bonchev–Trinajstić information content (AvgIpc) is 2.54. The van der Waals surface area contributed by atoms with E-state index in [2.05, 4.69) is 5.32 Å². The number of nitrogens with one attached hydrogen (secondary N) is 1. The van der Waals surface area contributed by atoms with Crippen LogP contribution in [0.25, 0.3) is 10.9 Å². The second-order valence-electron chi connectivity index (χ2n) is 6.40. The molecule has 134 valence electrons. The first kappa shape index (κ1) is 18.5. The number of anilines is 1. The summed E-state index contributed by atoms with van der Waals surface area (Å²) in [5.41, 5.74) is 3.99. The number of halogens is 2. The molecule has 1 heterocycles. The van der Waals surface area contributed by atoms with Gasteiger partial charge < -0.3 is 5.32 Å². The first-order valence-electron chi connectivity index (χ1n) is 8.12. The van der Waals surface area contributed by atoms with Gasteiger partial charge in [-0.2, -0.15) is 0 Å². The molecule has 3 rings (SSSR count). The molecule has 26 heavy (non-hydrogen) atoms. The minimum atomic E-state index is -0.332. The third-order valence-electron chi connectivity index (χ3n) is 4.25. The molecule has 0 atom stereocenters. The molecular weight excluding hydrogens is 371 g/mol. The largest absolute Gasteiger partial charge is 0.323 e. The van der Waals surface area contributed by atoms with E-state index in [-0.39, 0.29) is 18.0 Å². The molecule has 1 N–H and O–H groups in total. The number of carbonyl (C=O) groups excluding carboxylic acids is 1. The monoisotopic (exact) mass is 388 g/mol. The topological polar surface area (TPSA) is 51.1 Å². The van der Waals surface area contributed by atoms with Crippen LogP contribution in [0.5, 0.6) is 0 Å². The smallest absolute Gasteiger partial charge is 0.251 e. The molecule has 0 aliphatic heterocycles. The van der Waals surface area contributed by atoms with E-state index in [4.69, 9.17) is 23.2 Å². The van der Waals surface area contributed by atoms with Crippen LogP contribution in [0, 0.1) is 20.8 Å². The van der Waals surface area contributed by atoms with E-state index in [1.807, 2.05) is 32.9 Å². The molecule has 2 aromatic carbocycles. The van der Waals surface area contributed by atoms with Crippen molar-refractivity contribution in [1.29, 1.82) is 0 Å². The third-order valence-corrected chi connectivity index (χ3v) is 4.80. The third kappa shape index (κ3) is 3.62. The summed E-state index contributed by atoms with van der Waals surface area (Å²) in [4.78, 5) is 25.0. The average molecular weight is 389 g/mol. The van der Waals surface area contributed by atoms with E-state index in [0.29, 0.717) is 15.7 Å². The van der Waals surface area contributed by atoms with Crippen molar-refractivity contribution in [2.45, 2.75) is 27.3 Å². The van der Waals surface area contributed by atoms with Crippen LogP contribution in [0.4, 0.5) is 5.69 Å². The molecular formula is C20H18Cl2N2O2. The first-order chi connectivity index (χ1) is 12.3. The molecule has 0 unspecified atom stereocenters. The van der Waals surface area contributed by atoms with Crippen molar-refractivity contribution in [2.75, 3.05) is 5.32 Å². The van der Waals surface area contributed by atoms with E-state index < -0.39 is 0 Å². The van der Waals surface area contributed by atoms with Crippen LogP contribution in [-0.2, 0) is 11.3 Å². The Kier molecular flexibility index (Phi) is 5.08. The number of aryl methyl sites for hydroxylation is 3. The summed E-state index contributed by atoms with van der Waals surface area (Å²) >= 11 is 12.0. The molecule has 0 fully saturated rings. The molecule has 0 radical (unpaired) electrons. The number of carbonyl (C=O) groups is 1. The van der Waals surface area contributed by atoms with Crippen molar-refractivity contribution in [1.82, 2.24) is 4.57 Å². The summed E-state index contributed by atoms with van der Waals surface area (Å²) in [6.45, 7) is 5.76. The standard InChI is InChI=1S/C20H18Cl2N2O2/c1-11-6-13(3)20-15(7-11)12(2)8-19(26)24(20)10-18(25)23-17-5-4-14(21)9-16(17)22/h4-9H,10H2,1-3H3,(H,23,25). The second kappa shape index (κ2) is 7.14. The van der Waals surface area contributed by atoms with Crippen LogP contribution in [0.3, 0.4) is 0 Å². The van der Waals surface area contributed by atoms with Crippen molar-refractivity contribution in [3.63, 3.8) is 0 Å². The van der Waals surface area contributed by atoms with Gasteiger partial charge in [0.05, 0.1) is 16.2 Å². The second-order valence-corrected chi connectivity index (χ2v) is 7.25. The SMILES string of the molecule is Cc1cc(C)c2c(c1)c(C)cc(=O)n2CC(=O)Nc1ccc(Cl)cc1Cl. The summed E-state index contributed by atoms with van der Waals surface area (Å²) in [5, 5.41) is 4.54. The van der Waals surface area contributed by atoms with Gasteiger partial charge in [0.15, 0.2) is 0 Å². The van der Waals surface area contributed by atoms with Gasteiger partial charge in [-0.1, -0.05) is 34.8 Å². The molecule has 1 aromatic heterocycles. The predicted molar refractivity (Wildman–Crippen MR) is 108 cm³/mol. The van der Waals surface area contributed by atoms with Crippen molar-refractivity contribution in [2.24, 2.45) is 0 Å². The highest BCUT2D eigenvalue weighted by atomic mass is 35.5. The van der Waals surface area contributed by atoms with Gasteiger partial charge in [0.1, 0.15) is 6.54 Å². The summed E-state index contributed by atoms with van der Waals surface area (Å²) in [6.07, 6.45) is 0. The lowest BCUT2D eigenvalue weighted by Crippen LogP contribution is -2.28. The fourth-order valence-electron chi connectivity index (χ4n) is 3.15. The highest BCUT2D eigenvalue weighted by molar-refractivity contribution is 6.36. The molecule has 0 saturated heterocycles. The lowest BCUT2D eigenvalue weighted by Gasteiger charge is -2.15. The molecule has 4 nitrogen and oxygen atoms in total. The maximum Gasteiger partial charge on any atom is 0.251 e. The van der Waals surface area contributed by atoms with Gasteiger partial charge in [-0.15, -0.1) is 0 Å². The van der Waals surface area contributed by atoms with Crippen LogP contribution in [0.1, 0.15) is 16.7 Å². The Morgan fingerprint density at radius 2 is 1.77 bits per heavy atom. The molecule has 0 aliphatic rings. The zero-order valence-electron chi connectivity index (χ0n) is 14.7. The summed E-state index contributed by atoms with van der Waals surface area (Å²) in [6, 6.07) is 10.4. The maximum absolute atomic E-state index is 12.5. The van der Waals surface area contributed by atoms with Crippen LogP contribution < -0.4 is 10.9 Å². The normalized spacial score (nSPS) is 11.0. The number of aromatic nitrogens is 1. The minimum Gasteiger partial charge on any atom is -0.323 e. The van der Waals surface area contributed by atoms with Gasteiger partial charge in [0.25, 0.3) is 5.56 Å². The summed E-state index contributed by atoms with van der Waals surface area (Å²) < 4.78 is 1.50. The lowest BCUT2D eigenvalue weighted by molar-refractivity contribution is -0.116. The molecule has 0 saturated carbocycles. The van der Waals surface area contributed by atoms with Crippen LogP contribution in [0.15, 0.2) is 41.2 Å². The molecule has 0 aliphatic carbocycles. The summed E-state index contributed by atoms with van der Waals surface area (Å²) in [5.74, 6) is -0.332. The Morgan fingerprint density at radius 1 is 1.04 bits per heavy atom. The first-order valence-corrected chi connectivity index (χ1v) is 8.88. The Morgan fingerprint density at radius 3 is 2.46 bits per heavy atom. The molecule has 0 bridgehead atoms. The van der Waals surface area contributed by atoms with E-state index in [9.17, 15) is 9.59 Å².